The molecule has 0 aliphatic rings. The van der Waals surface area contributed by atoms with Gasteiger partial charge >= 0.3 is 6.09 Å². The van der Waals surface area contributed by atoms with E-state index in [2.05, 4.69) is 16.4 Å². The predicted octanol–water partition coefficient (Wildman–Crippen LogP) is 5.38. The van der Waals surface area contributed by atoms with Gasteiger partial charge in [-0.05, 0) is 46.9 Å². The summed E-state index contributed by atoms with van der Waals surface area (Å²) in [4.78, 5) is 15.7. The minimum Gasteiger partial charge on any atom is -0.444 e. The van der Waals surface area contributed by atoms with Crippen molar-refractivity contribution in [3.8, 4) is 6.07 Å². The molecule has 1 atom stereocenters. The molecule has 1 amide bonds. The van der Waals surface area contributed by atoms with Crippen LogP contribution in [-0.2, 0) is 17.8 Å². The van der Waals surface area contributed by atoms with Gasteiger partial charge in [0.1, 0.15) is 6.61 Å². The summed E-state index contributed by atoms with van der Waals surface area (Å²) in [6.45, 7) is 2.60. The minimum atomic E-state index is -0.500. The van der Waals surface area contributed by atoms with Crippen molar-refractivity contribution in [1.82, 2.24) is 4.98 Å². The van der Waals surface area contributed by atoms with Crippen molar-refractivity contribution in [2.24, 2.45) is 5.73 Å². The van der Waals surface area contributed by atoms with Gasteiger partial charge in [0, 0.05) is 35.2 Å². The third-order valence-electron chi connectivity index (χ3n) is 5.87. The Hall–Kier alpha value is -4.08. The fourth-order valence-corrected chi connectivity index (χ4v) is 4.14. The maximum Gasteiger partial charge on any atom is 0.411 e. The molecule has 1 heterocycles. The van der Waals surface area contributed by atoms with Gasteiger partial charge in [-0.25, -0.2) is 4.79 Å². The standard InChI is InChI=1S/C27H26N4O2/c1-18-21(8-5-9-25(18)31-27(32)33-17-20-6-3-2-4-7-20)23(15-29)24-16-30-26-14-19(12-13-28)10-11-22(24)26/h2-11,14,16,23,30H,12,15,17,29H2,1H3,(H,31,32). The molecule has 6 nitrogen and oxygen atoms in total. The van der Waals surface area contributed by atoms with Crippen molar-refractivity contribution in [1.29, 1.82) is 5.26 Å². The highest BCUT2D eigenvalue weighted by molar-refractivity contribution is 5.87. The Kier molecular flexibility index (Phi) is 6.72. The normalized spacial score (nSPS) is 11.7. The monoisotopic (exact) mass is 438 g/mol. The molecule has 0 aliphatic heterocycles. The number of amides is 1. The molecule has 33 heavy (non-hydrogen) atoms. The molecular weight excluding hydrogens is 412 g/mol. The number of carbonyl (C=O) groups excluding carboxylic acids is 1. The Balaban J connectivity index is 1.56. The summed E-state index contributed by atoms with van der Waals surface area (Å²) in [5, 5.41) is 12.9. The van der Waals surface area contributed by atoms with Crippen molar-refractivity contribution >= 4 is 22.7 Å². The van der Waals surface area contributed by atoms with Crippen LogP contribution in [-0.4, -0.2) is 17.6 Å². The Morgan fingerprint density at radius 3 is 2.67 bits per heavy atom. The summed E-state index contributed by atoms with van der Waals surface area (Å²) in [5.74, 6) is -0.0531. The molecule has 1 unspecified atom stereocenters. The first-order valence-corrected chi connectivity index (χ1v) is 10.8. The highest BCUT2D eigenvalue weighted by Crippen LogP contribution is 2.34. The van der Waals surface area contributed by atoms with E-state index in [-0.39, 0.29) is 12.5 Å². The Morgan fingerprint density at radius 1 is 1.09 bits per heavy atom. The first-order chi connectivity index (χ1) is 16.1. The van der Waals surface area contributed by atoms with Crippen LogP contribution in [0.2, 0.25) is 0 Å². The Labute approximate surface area is 193 Å². The molecule has 0 radical (unpaired) electrons. The van der Waals surface area contributed by atoms with Gasteiger partial charge in [0.15, 0.2) is 0 Å². The minimum absolute atomic E-state index is 0.0531. The summed E-state index contributed by atoms with van der Waals surface area (Å²) in [6, 6.07) is 23.6. The Bertz CT molecular complexity index is 1300. The van der Waals surface area contributed by atoms with E-state index in [4.69, 9.17) is 15.7 Å². The molecule has 4 N–H and O–H groups in total. The highest BCUT2D eigenvalue weighted by Gasteiger charge is 2.20. The lowest BCUT2D eigenvalue weighted by Gasteiger charge is -2.20. The molecule has 166 valence electrons. The number of nitrogens with two attached hydrogens (primary N) is 1. The van der Waals surface area contributed by atoms with Gasteiger partial charge in [0.25, 0.3) is 0 Å². The number of ether oxygens (including phenoxy) is 1. The van der Waals surface area contributed by atoms with Crippen LogP contribution in [0.1, 0.15) is 33.7 Å². The molecule has 0 aliphatic carbocycles. The zero-order valence-corrected chi connectivity index (χ0v) is 18.5. The van der Waals surface area contributed by atoms with Crippen molar-refractivity contribution in [2.45, 2.75) is 25.9 Å². The van der Waals surface area contributed by atoms with E-state index in [9.17, 15) is 4.79 Å². The van der Waals surface area contributed by atoms with Crippen LogP contribution >= 0.6 is 0 Å². The molecule has 3 aromatic carbocycles. The number of H-pyrrole nitrogens is 1. The molecule has 0 saturated heterocycles. The van der Waals surface area contributed by atoms with E-state index in [0.29, 0.717) is 18.7 Å². The number of nitriles is 1. The van der Waals surface area contributed by atoms with Crippen LogP contribution in [0.5, 0.6) is 0 Å². The number of anilines is 1. The van der Waals surface area contributed by atoms with Crippen molar-refractivity contribution in [3.05, 3.63) is 101 Å². The SMILES string of the molecule is Cc1c(NC(=O)OCc2ccccc2)cccc1C(CN)c1c[nH]c2cc(CC#N)ccc12. The molecular formula is C27H26N4O2. The van der Waals surface area contributed by atoms with Gasteiger partial charge in [-0.1, -0.05) is 54.6 Å². The van der Waals surface area contributed by atoms with E-state index in [0.717, 1.165) is 38.7 Å². The summed E-state index contributed by atoms with van der Waals surface area (Å²) in [7, 11) is 0. The second kappa shape index (κ2) is 10.0. The zero-order chi connectivity index (χ0) is 23.2. The first kappa shape index (κ1) is 22.1. The summed E-state index contributed by atoms with van der Waals surface area (Å²) < 4.78 is 5.37. The number of nitrogens with zero attached hydrogens (tertiary/aromatic N) is 1. The summed E-state index contributed by atoms with van der Waals surface area (Å²) >= 11 is 0. The first-order valence-electron chi connectivity index (χ1n) is 10.8. The van der Waals surface area contributed by atoms with Gasteiger partial charge in [-0.15, -0.1) is 0 Å². The smallest absolute Gasteiger partial charge is 0.411 e. The van der Waals surface area contributed by atoms with Gasteiger partial charge in [0.05, 0.1) is 12.5 Å². The average Bonchev–Trinajstić information content (AvgIpc) is 3.24. The van der Waals surface area contributed by atoms with Crippen LogP contribution < -0.4 is 11.1 Å². The number of aromatic amines is 1. The van der Waals surface area contributed by atoms with Crippen molar-refractivity contribution < 1.29 is 9.53 Å². The van der Waals surface area contributed by atoms with Gasteiger partial charge in [-0.3, -0.25) is 5.32 Å². The molecule has 0 saturated carbocycles. The second-order valence-electron chi connectivity index (χ2n) is 7.95. The predicted molar refractivity (Wildman–Crippen MR) is 130 cm³/mol. The summed E-state index contributed by atoms with van der Waals surface area (Å²) in [6.07, 6.45) is 1.85. The van der Waals surface area contributed by atoms with Crippen LogP contribution in [0, 0.1) is 18.3 Å². The van der Waals surface area contributed by atoms with Crippen LogP contribution in [0.15, 0.2) is 72.9 Å². The molecule has 4 aromatic rings. The Morgan fingerprint density at radius 2 is 1.91 bits per heavy atom. The lowest BCUT2D eigenvalue weighted by molar-refractivity contribution is 0.155. The van der Waals surface area contributed by atoms with Crippen LogP contribution in [0.3, 0.4) is 0 Å². The molecule has 4 rings (SSSR count). The largest absolute Gasteiger partial charge is 0.444 e. The van der Waals surface area contributed by atoms with E-state index in [1.54, 1.807) is 0 Å². The number of hydrogen-bond donors (Lipinski definition) is 3. The van der Waals surface area contributed by atoms with Crippen molar-refractivity contribution in [2.75, 3.05) is 11.9 Å². The maximum absolute atomic E-state index is 12.4. The van der Waals surface area contributed by atoms with Gasteiger partial charge in [-0.2, -0.15) is 5.26 Å². The molecule has 1 aromatic heterocycles. The number of fused-ring (bicyclic) bond motifs is 1. The van der Waals surface area contributed by atoms with E-state index in [1.807, 2.05) is 79.9 Å². The van der Waals surface area contributed by atoms with E-state index in [1.165, 1.54) is 0 Å². The van der Waals surface area contributed by atoms with E-state index < -0.39 is 6.09 Å². The zero-order valence-electron chi connectivity index (χ0n) is 18.5. The van der Waals surface area contributed by atoms with Crippen LogP contribution in [0.4, 0.5) is 10.5 Å². The maximum atomic E-state index is 12.4. The van der Waals surface area contributed by atoms with Gasteiger partial charge in [0.2, 0.25) is 0 Å². The fourth-order valence-electron chi connectivity index (χ4n) is 4.14. The van der Waals surface area contributed by atoms with Crippen molar-refractivity contribution in [3.63, 3.8) is 0 Å². The average molecular weight is 439 g/mol. The number of rotatable bonds is 7. The topological polar surface area (TPSA) is 104 Å². The van der Waals surface area contributed by atoms with Crippen LogP contribution in [0.25, 0.3) is 10.9 Å². The molecule has 0 spiro atoms. The van der Waals surface area contributed by atoms with E-state index >= 15 is 0 Å². The van der Waals surface area contributed by atoms with Gasteiger partial charge < -0.3 is 15.5 Å². The highest BCUT2D eigenvalue weighted by atomic mass is 16.5. The lowest BCUT2D eigenvalue weighted by atomic mass is 9.87. The second-order valence-corrected chi connectivity index (χ2v) is 7.95. The number of aromatic nitrogens is 1. The molecule has 0 bridgehead atoms. The quantitative estimate of drug-likeness (QED) is 0.360. The third-order valence-corrected chi connectivity index (χ3v) is 5.87. The number of hydrogen-bond acceptors (Lipinski definition) is 4. The summed E-state index contributed by atoms with van der Waals surface area (Å²) in [5.41, 5.74) is 12.9. The lowest BCUT2D eigenvalue weighted by Crippen LogP contribution is -2.17. The molecule has 6 heteroatoms. The molecule has 0 fully saturated rings. The fraction of sp³-hybridized carbons (Fsp3) is 0.185. The number of carbonyl (C=O) groups is 1. The third kappa shape index (κ3) is 4.89. The number of benzene rings is 3. The number of nitrogens with one attached hydrogen (secondary N) is 2.